The molecule has 1 aliphatic rings. The van der Waals surface area contributed by atoms with Crippen LogP contribution in [0.4, 0.5) is 0 Å². The van der Waals surface area contributed by atoms with Crippen LogP contribution >= 0.6 is 0 Å². The normalized spacial score (nSPS) is 27.1. The number of nitrogens with one attached hydrogen (secondary N) is 2. The zero-order chi connectivity index (χ0) is 10.6. The summed E-state index contributed by atoms with van der Waals surface area (Å²) in [5.74, 6) is 0.938. The fourth-order valence-electron chi connectivity index (χ4n) is 1.84. The van der Waals surface area contributed by atoms with Gasteiger partial charge in [-0.15, -0.1) is 0 Å². The summed E-state index contributed by atoms with van der Waals surface area (Å²) in [6.45, 7) is 7.21. The molecule has 1 aliphatic carbocycles. The first-order valence-electron chi connectivity index (χ1n) is 5.70. The van der Waals surface area contributed by atoms with E-state index in [2.05, 4.69) is 24.5 Å². The molecule has 0 aliphatic heterocycles. The highest BCUT2D eigenvalue weighted by Crippen LogP contribution is 2.33. The van der Waals surface area contributed by atoms with Crippen LogP contribution in [0.25, 0.3) is 0 Å². The molecular weight excluding hydrogens is 176 g/mol. The third kappa shape index (κ3) is 3.66. The van der Waals surface area contributed by atoms with E-state index >= 15 is 0 Å². The van der Waals surface area contributed by atoms with E-state index in [0.717, 1.165) is 12.5 Å². The number of hydrogen-bond acceptors (Lipinski definition) is 2. The third-order valence-corrected chi connectivity index (χ3v) is 2.84. The molecule has 3 unspecified atom stereocenters. The molecule has 1 rings (SSSR count). The average Bonchev–Trinajstić information content (AvgIpc) is 2.83. The third-order valence-electron chi connectivity index (χ3n) is 2.84. The van der Waals surface area contributed by atoms with Crippen LogP contribution in [0.1, 0.15) is 40.0 Å². The lowest BCUT2D eigenvalue weighted by Gasteiger charge is -2.11. The lowest BCUT2D eigenvalue weighted by Crippen LogP contribution is -2.35. The number of carbonyl (C=O) groups excluding carboxylic acids is 1. The van der Waals surface area contributed by atoms with E-state index in [9.17, 15) is 4.79 Å². The Morgan fingerprint density at radius 2 is 2.21 bits per heavy atom. The molecule has 82 valence electrons. The van der Waals surface area contributed by atoms with Gasteiger partial charge >= 0.3 is 0 Å². The van der Waals surface area contributed by atoms with Gasteiger partial charge in [-0.2, -0.15) is 0 Å². The minimum atomic E-state index is 0.194. The Morgan fingerprint density at radius 3 is 2.71 bits per heavy atom. The summed E-state index contributed by atoms with van der Waals surface area (Å²) in [7, 11) is 0. The molecule has 0 aromatic rings. The van der Waals surface area contributed by atoms with Crippen LogP contribution in [-0.2, 0) is 4.79 Å². The molecule has 3 atom stereocenters. The molecule has 0 radical (unpaired) electrons. The quantitative estimate of drug-likeness (QED) is 0.675. The van der Waals surface area contributed by atoms with Crippen molar-refractivity contribution in [2.24, 2.45) is 5.92 Å². The van der Waals surface area contributed by atoms with Crippen LogP contribution in [0.2, 0.25) is 0 Å². The SMILES string of the molecule is CCNC(C)CC(=O)NC1CC1CC. The van der Waals surface area contributed by atoms with Gasteiger partial charge in [-0.3, -0.25) is 4.79 Å². The highest BCUT2D eigenvalue weighted by atomic mass is 16.1. The summed E-state index contributed by atoms with van der Waals surface area (Å²) in [6.07, 6.45) is 2.96. The minimum absolute atomic E-state index is 0.194. The molecule has 3 heteroatoms. The standard InChI is InChI=1S/C11H22N2O/c1-4-9-7-10(9)13-11(14)6-8(3)12-5-2/h8-10,12H,4-7H2,1-3H3,(H,13,14). The molecule has 0 aromatic heterocycles. The van der Waals surface area contributed by atoms with Crippen molar-refractivity contribution in [3.05, 3.63) is 0 Å². The number of hydrogen-bond donors (Lipinski definition) is 2. The first kappa shape index (κ1) is 11.5. The molecule has 0 heterocycles. The van der Waals surface area contributed by atoms with E-state index in [1.54, 1.807) is 0 Å². The monoisotopic (exact) mass is 198 g/mol. The molecule has 1 saturated carbocycles. The largest absolute Gasteiger partial charge is 0.353 e. The second kappa shape index (κ2) is 5.35. The van der Waals surface area contributed by atoms with Gasteiger partial charge in [-0.1, -0.05) is 20.3 Å². The van der Waals surface area contributed by atoms with Crippen LogP contribution in [0.5, 0.6) is 0 Å². The maximum absolute atomic E-state index is 11.5. The Bertz CT molecular complexity index is 188. The Kier molecular flexibility index (Phi) is 4.39. The molecule has 1 fully saturated rings. The number of amides is 1. The predicted octanol–water partition coefficient (Wildman–Crippen LogP) is 1.29. The maximum Gasteiger partial charge on any atom is 0.221 e. The van der Waals surface area contributed by atoms with Crippen LogP contribution in [-0.4, -0.2) is 24.5 Å². The van der Waals surface area contributed by atoms with E-state index in [0.29, 0.717) is 18.5 Å². The summed E-state index contributed by atoms with van der Waals surface area (Å²) in [5.41, 5.74) is 0. The van der Waals surface area contributed by atoms with Crippen molar-refractivity contribution >= 4 is 5.91 Å². The van der Waals surface area contributed by atoms with Crippen molar-refractivity contribution < 1.29 is 4.79 Å². The Labute approximate surface area is 86.6 Å². The lowest BCUT2D eigenvalue weighted by molar-refractivity contribution is -0.121. The van der Waals surface area contributed by atoms with Gasteiger partial charge in [0.1, 0.15) is 0 Å². The fourth-order valence-corrected chi connectivity index (χ4v) is 1.84. The van der Waals surface area contributed by atoms with Gasteiger partial charge in [-0.05, 0) is 25.8 Å². The maximum atomic E-state index is 11.5. The molecule has 0 bridgehead atoms. The highest BCUT2D eigenvalue weighted by molar-refractivity contribution is 5.77. The Balaban J connectivity index is 2.10. The van der Waals surface area contributed by atoms with Gasteiger partial charge in [-0.25, -0.2) is 0 Å². The van der Waals surface area contributed by atoms with Crippen molar-refractivity contribution in [2.75, 3.05) is 6.54 Å². The van der Waals surface area contributed by atoms with Gasteiger partial charge in [0.2, 0.25) is 5.91 Å². The van der Waals surface area contributed by atoms with Gasteiger partial charge < -0.3 is 10.6 Å². The van der Waals surface area contributed by atoms with Crippen LogP contribution in [0.15, 0.2) is 0 Å². The van der Waals surface area contributed by atoms with Crippen LogP contribution < -0.4 is 10.6 Å². The molecule has 14 heavy (non-hydrogen) atoms. The van der Waals surface area contributed by atoms with Crippen molar-refractivity contribution in [3.63, 3.8) is 0 Å². The van der Waals surface area contributed by atoms with E-state index in [4.69, 9.17) is 0 Å². The van der Waals surface area contributed by atoms with Crippen molar-refractivity contribution in [3.8, 4) is 0 Å². The molecule has 2 N–H and O–H groups in total. The summed E-state index contributed by atoms with van der Waals surface area (Å²) in [6, 6.07) is 0.764. The van der Waals surface area contributed by atoms with Gasteiger partial charge in [0.05, 0.1) is 0 Å². The average molecular weight is 198 g/mol. The molecule has 0 saturated heterocycles. The predicted molar refractivity (Wildman–Crippen MR) is 58.1 cm³/mol. The fraction of sp³-hybridized carbons (Fsp3) is 0.909. The van der Waals surface area contributed by atoms with Crippen LogP contribution in [0, 0.1) is 5.92 Å². The van der Waals surface area contributed by atoms with Gasteiger partial charge in [0, 0.05) is 18.5 Å². The zero-order valence-corrected chi connectivity index (χ0v) is 9.47. The number of rotatable bonds is 6. The van der Waals surface area contributed by atoms with Crippen LogP contribution in [0.3, 0.4) is 0 Å². The first-order chi connectivity index (χ1) is 6.67. The van der Waals surface area contributed by atoms with Crippen molar-refractivity contribution in [2.45, 2.75) is 52.1 Å². The smallest absolute Gasteiger partial charge is 0.221 e. The van der Waals surface area contributed by atoms with E-state index in [1.165, 1.54) is 12.8 Å². The molecule has 0 spiro atoms. The second-order valence-electron chi connectivity index (χ2n) is 4.24. The topological polar surface area (TPSA) is 41.1 Å². The molecule has 3 nitrogen and oxygen atoms in total. The summed E-state index contributed by atoms with van der Waals surface area (Å²) >= 11 is 0. The number of carbonyl (C=O) groups is 1. The van der Waals surface area contributed by atoms with E-state index in [-0.39, 0.29) is 5.91 Å². The second-order valence-corrected chi connectivity index (χ2v) is 4.24. The Hall–Kier alpha value is -0.570. The highest BCUT2D eigenvalue weighted by Gasteiger charge is 2.36. The lowest BCUT2D eigenvalue weighted by atomic mass is 10.2. The summed E-state index contributed by atoms with van der Waals surface area (Å²) in [4.78, 5) is 11.5. The van der Waals surface area contributed by atoms with Crippen molar-refractivity contribution in [1.82, 2.24) is 10.6 Å². The Morgan fingerprint density at radius 1 is 1.50 bits per heavy atom. The molecule has 0 aromatic carbocycles. The van der Waals surface area contributed by atoms with Crippen molar-refractivity contribution in [1.29, 1.82) is 0 Å². The van der Waals surface area contributed by atoms with E-state index in [1.807, 2.05) is 6.92 Å². The van der Waals surface area contributed by atoms with Gasteiger partial charge in [0.25, 0.3) is 0 Å². The van der Waals surface area contributed by atoms with Gasteiger partial charge in [0.15, 0.2) is 0 Å². The zero-order valence-electron chi connectivity index (χ0n) is 9.47. The minimum Gasteiger partial charge on any atom is -0.353 e. The summed E-state index contributed by atoms with van der Waals surface area (Å²) < 4.78 is 0. The van der Waals surface area contributed by atoms with E-state index < -0.39 is 0 Å². The summed E-state index contributed by atoms with van der Waals surface area (Å²) in [5, 5.41) is 6.30. The molecule has 1 amide bonds. The molecular formula is C11H22N2O. The first-order valence-corrected chi connectivity index (χ1v) is 5.70.